The fourth-order valence-corrected chi connectivity index (χ4v) is 13.8. The maximum absolute atomic E-state index is 15.3. The minimum Gasteiger partial charge on any atom is -0.494 e. The maximum atomic E-state index is 15.3. The second kappa shape index (κ2) is 54.1. The standard InChI is InChI=1S/C105H112F4O20/c1-3-5-7-9-11-13-15-17-19-22-28-32-68-120-96-64-42-78(70-94(96)108)102(114)124-82-48-38-76(39-49-82)98(110)122-84-52-56-86(57-53-84)126-104(116)90-62-60-88(72-92(90)106)128-100(112)74-34-44-80(45-35-74)118-66-30-26-24-21-25-27-31-67-119-81-46-36-75(37-47-81)101(113)129-89-61-63-91(93(107)73-89)105(117)127-87-58-54-85(55-59-87)123-99(111)77-40-50-83(51-41-77)125-103(115)79-43-65-97(95(109)71-79)121-69-33-29-23-20-18-16-14-12-10-8-6-4-2/h34-65,70-73H,3-33,66-69H2,1-2H3. The molecule has 0 saturated carbocycles. The van der Waals surface area contributed by atoms with Crippen LogP contribution in [0.5, 0.6) is 69.0 Å². The molecule has 0 amide bonds. The molecule has 0 heterocycles. The summed E-state index contributed by atoms with van der Waals surface area (Å²) in [7, 11) is 0. The lowest BCUT2D eigenvalue weighted by Gasteiger charge is -2.10. The number of rotatable bonds is 56. The Hall–Kier alpha value is -13.1. The highest BCUT2D eigenvalue weighted by Crippen LogP contribution is 2.31. The Morgan fingerprint density at radius 2 is 0.380 bits per heavy atom. The molecular weight excluding hydrogens is 1660 g/mol. The minimum atomic E-state index is -1.04. The van der Waals surface area contributed by atoms with Crippen molar-refractivity contribution in [2.75, 3.05) is 26.4 Å². The molecule has 0 aliphatic rings. The summed E-state index contributed by atoms with van der Waals surface area (Å²) < 4.78 is 127. The molecule has 0 atom stereocenters. The fourth-order valence-electron chi connectivity index (χ4n) is 13.8. The lowest BCUT2D eigenvalue weighted by Crippen LogP contribution is -2.12. The molecule has 0 aromatic heterocycles. The van der Waals surface area contributed by atoms with E-state index in [2.05, 4.69) is 13.8 Å². The number of halogens is 4. The smallest absolute Gasteiger partial charge is 0.346 e. The van der Waals surface area contributed by atoms with Gasteiger partial charge in [-0.3, -0.25) is 0 Å². The zero-order chi connectivity index (χ0) is 91.2. The van der Waals surface area contributed by atoms with Gasteiger partial charge in [-0.1, -0.05) is 187 Å². The highest BCUT2D eigenvalue weighted by atomic mass is 19.1. The van der Waals surface area contributed by atoms with Crippen molar-refractivity contribution in [1.82, 2.24) is 0 Å². The van der Waals surface area contributed by atoms with E-state index in [0.29, 0.717) is 37.9 Å². The number of hydrogen-bond acceptors (Lipinski definition) is 20. The zero-order valence-corrected chi connectivity index (χ0v) is 73.2. The van der Waals surface area contributed by atoms with Gasteiger partial charge >= 0.3 is 47.8 Å². The number of unbranched alkanes of at least 4 members (excludes halogenated alkanes) is 28. The van der Waals surface area contributed by atoms with Gasteiger partial charge in [0.1, 0.15) is 69.1 Å². The third-order valence-corrected chi connectivity index (χ3v) is 21.2. The molecule has 20 nitrogen and oxygen atoms in total. The lowest BCUT2D eigenvalue weighted by atomic mass is 10.1. The van der Waals surface area contributed by atoms with Gasteiger partial charge in [0.15, 0.2) is 23.1 Å². The molecule has 680 valence electrons. The molecule has 0 spiro atoms. The molecule has 0 radical (unpaired) electrons. The summed E-state index contributed by atoms with van der Waals surface area (Å²) >= 11 is 0. The molecule has 0 aliphatic heterocycles. The van der Waals surface area contributed by atoms with Gasteiger partial charge in [0, 0.05) is 12.1 Å². The fraction of sp³-hybridized carbons (Fsp3) is 0.352. The van der Waals surface area contributed by atoms with Crippen LogP contribution in [0.2, 0.25) is 0 Å². The first-order valence-corrected chi connectivity index (χ1v) is 44.9. The van der Waals surface area contributed by atoms with Crippen molar-refractivity contribution in [3.8, 4) is 69.0 Å². The molecule has 0 N–H and O–H groups in total. The van der Waals surface area contributed by atoms with Crippen LogP contribution in [0.3, 0.4) is 0 Å². The highest BCUT2D eigenvalue weighted by molar-refractivity contribution is 5.96. The second-order valence-electron chi connectivity index (χ2n) is 31.4. The number of carbonyl (C=O) groups is 8. The summed E-state index contributed by atoms with van der Waals surface area (Å²) in [4.78, 5) is 104. The van der Waals surface area contributed by atoms with Gasteiger partial charge in [0.2, 0.25) is 0 Å². The van der Waals surface area contributed by atoms with Crippen LogP contribution in [0, 0.1) is 23.3 Å². The van der Waals surface area contributed by atoms with Gasteiger partial charge in [-0.25, -0.2) is 55.9 Å². The number of hydrogen-bond donors (Lipinski definition) is 0. The minimum absolute atomic E-state index is 0.0132. The van der Waals surface area contributed by atoms with Crippen molar-refractivity contribution >= 4 is 47.8 Å². The van der Waals surface area contributed by atoms with Crippen molar-refractivity contribution in [1.29, 1.82) is 0 Å². The van der Waals surface area contributed by atoms with Gasteiger partial charge in [0.05, 0.1) is 70.9 Å². The Balaban J connectivity index is 0.528. The Morgan fingerprint density at radius 1 is 0.186 bits per heavy atom. The monoisotopic (exact) mass is 1770 g/mol. The third kappa shape index (κ3) is 34.2. The topological polar surface area (TPSA) is 247 Å². The van der Waals surface area contributed by atoms with Crippen LogP contribution in [0.1, 0.15) is 296 Å². The van der Waals surface area contributed by atoms with E-state index in [0.717, 1.165) is 120 Å². The molecule has 10 aromatic rings. The molecule has 0 fully saturated rings. The van der Waals surface area contributed by atoms with Crippen LogP contribution in [0.25, 0.3) is 0 Å². The molecule has 0 aliphatic carbocycles. The van der Waals surface area contributed by atoms with Crippen molar-refractivity contribution in [3.05, 3.63) is 286 Å². The van der Waals surface area contributed by atoms with Crippen LogP contribution >= 0.6 is 0 Å². The van der Waals surface area contributed by atoms with Crippen molar-refractivity contribution < 1.29 is 113 Å². The summed E-state index contributed by atoms with van der Waals surface area (Å²) in [6, 6.07) is 48.9. The van der Waals surface area contributed by atoms with Crippen LogP contribution in [0.15, 0.2) is 218 Å². The Bertz CT molecular complexity index is 4890. The number of benzene rings is 10. The van der Waals surface area contributed by atoms with E-state index in [-0.39, 0.29) is 90.9 Å². The Labute approximate surface area is 751 Å². The third-order valence-electron chi connectivity index (χ3n) is 21.2. The van der Waals surface area contributed by atoms with Gasteiger partial charge in [-0.2, -0.15) is 0 Å². The van der Waals surface area contributed by atoms with E-state index in [1.165, 1.54) is 273 Å². The number of ether oxygens (including phenoxy) is 12. The van der Waals surface area contributed by atoms with E-state index in [1.54, 1.807) is 24.3 Å². The van der Waals surface area contributed by atoms with Gasteiger partial charge in [0.25, 0.3) is 0 Å². The molecule has 0 saturated heterocycles. The van der Waals surface area contributed by atoms with Crippen LogP contribution in [-0.2, 0) is 0 Å². The first-order chi connectivity index (χ1) is 62.8. The molecule has 24 heteroatoms. The summed E-state index contributed by atoms with van der Waals surface area (Å²) in [5.74, 6) is -8.74. The summed E-state index contributed by atoms with van der Waals surface area (Å²) in [5.41, 5.74) is -0.306. The van der Waals surface area contributed by atoms with Crippen molar-refractivity contribution in [2.24, 2.45) is 0 Å². The molecule has 10 aromatic carbocycles. The van der Waals surface area contributed by atoms with Crippen LogP contribution in [0.4, 0.5) is 17.6 Å². The van der Waals surface area contributed by atoms with E-state index in [1.807, 2.05) is 0 Å². The van der Waals surface area contributed by atoms with Crippen molar-refractivity contribution in [3.63, 3.8) is 0 Å². The van der Waals surface area contributed by atoms with Crippen molar-refractivity contribution in [2.45, 2.75) is 213 Å². The predicted octanol–water partition coefficient (Wildman–Crippen LogP) is 26.3. The largest absolute Gasteiger partial charge is 0.494 e. The van der Waals surface area contributed by atoms with Gasteiger partial charge in [-0.05, 0) is 232 Å². The van der Waals surface area contributed by atoms with Crippen LogP contribution in [-0.4, -0.2) is 74.2 Å². The summed E-state index contributed by atoms with van der Waals surface area (Å²) in [6.45, 7) is 6.13. The van der Waals surface area contributed by atoms with Crippen LogP contribution < -0.4 is 56.8 Å². The van der Waals surface area contributed by atoms with Gasteiger partial charge < -0.3 is 56.8 Å². The molecule has 0 bridgehead atoms. The van der Waals surface area contributed by atoms with E-state index < -0.39 is 82.2 Å². The quantitative estimate of drug-likeness (QED) is 0.0149. The molecule has 10 rings (SSSR count). The average molecular weight is 1770 g/mol. The summed E-state index contributed by atoms with van der Waals surface area (Å²) in [6.07, 6.45) is 35.5. The van der Waals surface area contributed by atoms with E-state index >= 15 is 8.78 Å². The van der Waals surface area contributed by atoms with E-state index in [9.17, 15) is 47.1 Å². The highest BCUT2D eigenvalue weighted by Gasteiger charge is 2.23. The lowest BCUT2D eigenvalue weighted by molar-refractivity contribution is 0.0712. The second-order valence-corrected chi connectivity index (χ2v) is 31.4. The first kappa shape index (κ1) is 98.1. The average Bonchev–Trinajstić information content (AvgIpc) is 0.830. The SMILES string of the molecule is CCCCCCCCCCCCCCOc1ccc(C(=O)Oc2ccc(C(=O)Oc3ccc(OC(=O)c4ccc(OC(=O)c5ccc(OCCCCCCCCCOc6ccc(C(=O)Oc7ccc(C(=O)Oc8ccc(OC(=O)c9ccc(OC(=O)c%10ccc(OCCCCCCCCCCCCCC)c(F)c%10)cc9)cc8)c(F)c7)cc6)cc5)cc4F)cc3)cc2)cc1F. The Morgan fingerprint density at radius 3 is 0.628 bits per heavy atom. The normalized spacial score (nSPS) is 11.0. The number of esters is 8. The van der Waals surface area contributed by atoms with E-state index in [4.69, 9.17) is 56.8 Å². The molecule has 0 unspecified atom stereocenters. The summed E-state index contributed by atoms with van der Waals surface area (Å²) in [5, 5.41) is 0. The maximum Gasteiger partial charge on any atom is 0.346 e. The molecule has 129 heavy (non-hydrogen) atoms. The molecular formula is C105H112F4O20. The Kier molecular flexibility index (Phi) is 41.2. The predicted molar refractivity (Wildman–Crippen MR) is 480 cm³/mol. The first-order valence-electron chi connectivity index (χ1n) is 44.9. The number of carbonyl (C=O) groups excluding carboxylic acids is 8. The zero-order valence-electron chi connectivity index (χ0n) is 73.2. The van der Waals surface area contributed by atoms with Gasteiger partial charge in [-0.15, -0.1) is 0 Å².